The molecule has 0 saturated heterocycles. The van der Waals surface area contributed by atoms with Crippen LogP contribution in [0.4, 0.5) is 0 Å². The smallest absolute Gasteiger partial charge is 0.220 e. The molecule has 6 heteroatoms. The van der Waals surface area contributed by atoms with E-state index in [1.807, 2.05) is 48.5 Å². The third-order valence-corrected chi connectivity index (χ3v) is 3.89. The molecule has 0 aliphatic rings. The van der Waals surface area contributed by atoms with Crippen molar-refractivity contribution in [1.82, 2.24) is 10.3 Å². The minimum atomic E-state index is -0.000517. The van der Waals surface area contributed by atoms with Gasteiger partial charge >= 0.3 is 0 Å². The van der Waals surface area contributed by atoms with Gasteiger partial charge in [-0.25, -0.2) is 4.98 Å². The summed E-state index contributed by atoms with van der Waals surface area (Å²) < 4.78 is 16.3. The number of nitrogens with one attached hydrogen (secondary N) is 1. The normalized spacial score (nSPS) is 10.7. The number of carbonyl (C=O) groups is 1. The van der Waals surface area contributed by atoms with Crippen LogP contribution in [-0.4, -0.2) is 31.2 Å². The summed E-state index contributed by atoms with van der Waals surface area (Å²) in [5.41, 5.74) is 1.63. The summed E-state index contributed by atoms with van der Waals surface area (Å²) >= 11 is 0. The second-order valence-corrected chi connectivity index (χ2v) is 5.80. The van der Waals surface area contributed by atoms with Crippen LogP contribution in [0.1, 0.15) is 18.7 Å². The van der Waals surface area contributed by atoms with Gasteiger partial charge in [-0.1, -0.05) is 12.1 Å². The van der Waals surface area contributed by atoms with Crippen LogP contribution in [-0.2, 0) is 11.2 Å². The van der Waals surface area contributed by atoms with E-state index in [9.17, 15) is 4.79 Å². The Hall–Kier alpha value is -3.02. The van der Waals surface area contributed by atoms with Crippen molar-refractivity contribution < 1.29 is 18.7 Å². The van der Waals surface area contributed by atoms with Crippen molar-refractivity contribution in [3.05, 3.63) is 54.4 Å². The van der Waals surface area contributed by atoms with E-state index in [2.05, 4.69) is 10.3 Å². The third-order valence-electron chi connectivity index (χ3n) is 3.89. The van der Waals surface area contributed by atoms with E-state index in [-0.39, 0.29) is 5.91 Å². The number of rotatable bonds is 9. The van der Waals surface area contributed by atoms with Gasteiger partial charge in [0.25, 0.3) is 0 Å². The molecule has 136 valence electrons. The maximum Gasteiger partial charge on any atom is 0.220 e. The third kappa shape index (κ3) is 4.99. The molecule has 1 N–H and O–H groups in total. The second-order valence-electron chi connectivity index (χ2n) is 5.80. The average molecular weight is 354 g/mol. The van der Waals surface area contributed by atoms with Crippen molar-refractivity contribution in [2.75, 3.05) is 20.3 Å². The standard InChI is InChI=1S/C20H22N2O4/c1-24-15-9-11-16(12-10-15)25-14-13-21-19(23)7-4-8-20-22-17-5-2-3-6-18(17)26-20/h2-3,5-6,9-12H,4,7-8,13-14H2,1H3,(H,21,23). The number of benzene rings is 2. The molecule has 6 nitrogen and oxygen atoms in total. The number of para-hydroxylation sites is 2. The summed E-state index contributed by atoms with van der Waals surface area (Å²) in [5, 5.41) is 2.85. The average Bonchev–Trinajstić information content (AvgIpc) is 3.08. The number of oxazole rings is 1. The highest BCUT2D eigenvalue weighted by Gasteiger charge is 2.07. The summed E-state index contributed by atoms with van der Waals surface area (Å²) in [6.07, 6.45) is 1.77. The predicted molar refractivity (Wildman–Crippen MR) is 98.4 cm³/mol. The summed E-state index contributed by atoms with van der Waals surface area (Å²) in [4.78, 5) is 16.3. The van der Waals surface area contributed by atoms with Crippen molar-refractivity contribution in [1.29, 1.82) is 0 Å². The number of aryl methyl sites for hydroxylation is 1. The van der Waals surface area contributed by atoms with Crippen molar-refractivity contribution in [2.45, 2.75) is 19.3 Å². The lowest BCUT2D eigenvalue weighted by atomic mass is 10.2. The Morgan fingerprint density at radius 3 is 2.65 bits per heavy atom. The molecule has 3 aromatic rings. The van der Waals surface area contributed by atoms with Gasteiger partial charge in [-0.05, 0) is 42.8 Å². The van der Waals surface area contributed by atoms with Crippen LogP contribution in [0.2, 0.25) is 0 Å². The van der Waals surface area contributed by atoms with Gasteiger partial charge in [0, 0.05) is 12.8 Å². The summed E-state index contributed by atoms with van der Waals surface area (Å²) in [5.74, 6) is 2.20. The molecule has 0 aliphatic carbocycles. The first-order valence-corrected chi connectivity index (χ1v) is 8.62. The zero-order valence-electron chi connectivity index (χ0n) is 14.7. The van der Waals surface area contributed by atoms with E-state index in [0.29, 0.717) is 38.3 Å². The van der Waals surface area contributed by atoms with Gasteiger partial charge in [-0.2, -0.15) is 0 Å². The topological polar surface area (TPSA) is 73.6 Å². The Kier molecular flexibility index (Phi) is 6.09. The maximum absolute atomic E-state index is 11.9. The lowest BCUT2D eigenvalue weighted by molar-refractivity contribution is -0.121. The number of carbonyl (C=O) groups excluding carboxylic acids is 1. The van der Waals surface area contributed by atoms with Crippen LogP contribution in [0.25, 0.3) is 11.1 Å². The molecule has 1 aromatic heterocycles. The molecule has 0 atom stereocenters. The molecule has 0 radical (unpaired) electrons. The summed E-state index contributed by atoms with van der Waals surface area (Å²) in [6, 6.07) is 15.0. The van der Waals surface area contributed by atoms with E-state index in [1.165, 1.54) is 0 Å². The van der Waals surface area contributed by atoms with Crippen LogP contribution < -0.4 is 14.8 Å². The molecular weight excluding hydrogens is 332 g/mol. The van der Waals surface area contributed by atoms with Crippen molar-refractivity contribution in [3.8, 4) is 11.5 Å². The van der Waals surface area contributed by atoms with E-state index >= 15 is 0 Å². The minimum Gasteiger partial charge on any atom is -0.497 e. The fourth-order valence-electron chi connectivity index (χ4n) is 2.55. The van der Waals surface area contributed by atoms with Gasteiger partial charge in [0.05, 0.1) is 13.7 Å². The second kappa shape index (κ2) is 8.89. The van der Waals surface area contributed by atoms with Crippen LogP contribution in [0, 0.1) is 0 Å². The predicted octanol–water partition coefficient (Wildman–Crippen LogP) is 3.35. The first-order valence-electron chi connectivity index (χ1n) is 8.62. The molecule has 3 rings (SSSR count). The number of aromatic nitrogens is 1. The van der Waals surface area contributed by atoms with Crippen molar-refractivity contribution in [2.24, 2.45) is 0 Å². The molecule has 0 fully saturated rings. The van der Waals surface area contributed by atoms with E-state index in [0.717, 1.165) is 22.6 Å². The Bertz CT molecular complexity index is 809. The zero-order chi connectivity index (χ0) is 18.2. The van der Waals surface area contributed by atoms with E-state index in [4.69, 9.17) is 13.9 Å². The Labute approximate surface area is 152 Å². The molecule has 0 spiro atoms. The minimum absolute atomic E-state index is 0.000517. The highest BCUT2D eigenvalue weighted by molar-refractivity contribution is 5.75. The summed E-state index contributed by atoms with van der Waals surface area (Å²) in [7, 11) is 1.62. The van der Waals surface area contributed by atoms with Gasteiger partial charge in [0.2, 0.25) is 5.91 Å². The molecular formula is C20H22N2O4. The molecule has 0 saturated carbocycles. The van der Waals surface area contributed by atoms with Gasteiger partial charge in [0.1, 0.15) is 23.6 Å². The molecule has 2 aromatic carbocycles. The highest BCUT2D eigenvalue weighted by Crippen LogP contribution is 2.17. The largest absolute Gasteiger partial charge is 0.497 e. The van der Waals surface area contributed by atoms with Crippen molar-refractivity contribution in [3.63, 3.8) is 0 Å². The number of hydrogen-bond acceptors (Lipinski definition) is 5. The van der Waals surface area contributed by atoms with Gasteiger partial charge in [-0.3, -0.25) is 4.79 Å². The van der Waals surface area contributed by atoms with Crippen LogP contribution in [0.3, 0.4) is 0 Å². The van der Waals surface area contributed by atoms with Gasteiger partial charge < -0.3 is 19.2 Å². The van der Waals surface area contributed by atoms with Crippen molar-refractivity contribution >= 4 is 17.0 Å². The number of methoxy groups -OCH3 is 1. The molecule has 0 unspecified atom stereocenters. The maximum atomic E-state index is 11.9. The quantitative estimate of drug-likeness (QED) is 0.597. The molecule has 1 amide bonds. The molecule has 26 heavy (non-hydrogen) atoms. The van der Waals surface area contributed by atoms with E-state index < -0.39 is 0 Å². The SMILES string of the molecule is COc1ccc(OCCNC(=O)CCCc2nc3ccccc3o2)cc1. The first-order chi connectivity index (χ1) is 12.7. The van der Waals surface area contributed by atoms with Gasteiger partial charge in [-0.15, -0.1) is 0 Å². The number of nitrogens with zero attached hydrogens (tertiary/aromatic N) is 1. The molecule has 0 bridgehead atoms. The first kappa shape index (κ1) is 17.8. The van der Waals surface area contributed by atoms with Crippen LogP contribution >= 0.6 is 0 Å². The Balaban J connectivity index is 1.31. The number of hydrogen-bond donors (Lipinski definition) is 1. The lowest BCUT2D eigenvalue weighted by Gasteiger charge is -2.08. The lowest BCUT2D eigenvalue weighted by Crippen LogP contribution is -2.27. The van der Waals surface area contributed by atoms with Crippen LogP contribution in [0.15, 0.2) is 52.9 Å². The number of fused-ring (bicyclic) bond motifs is 1. The fraction of sp³-hybridized carbons (Fsp3) is 0.300. The van der Waals surface area contributed by atoms with Gasteiger partial charge in [0.15, 0.2) is 11.5 Å². The fourth-order valence-corrected chi connectivity index (χ4v) is 2.55. The van der Waals surface area contributed by atoms with Crippen LogP contribution in [0.5, 0.6) is 11.5 Å². The molecule has 1 heterocycles. The number of amides is 1. The zero-order valence-corrected chi connectivity index (χ0v) is 14.7. The monoisotopic (exact) mass is 354 g/mol. The molecule has 0 aliphatic heterocycles. The highest BCUT2D eigenvalue weighted by atomic mass is 16.5. The summed E-state index contributed by atoms with van der Waals surface area (Å²) in [6.45, 7) is 0.886. The Morgan fingerprint density at radius 1 is 1.12 bits per heavy atom. The van der Waals surface area contributed by atoms with E-state index in [1.54, 1.807) is 7.11 Å². The number of ether oxygens (including phenoxy) is 2. The Morgan fingerprint density at radius 2 is 1.88 bits per heavy atom.